The smallest absolute Gasteiger partial charge is 0.247 e. The van der Waals surface area contributed by atoms with Crippen molar-refractivity contribution in [1.29, 1.82) is 0 Å². The monoisotopic (exact) mass is 396 g/mol. The first-order chi connectivity index (χ1) is 13.5. The number of hydrogen-bond donors (Lipinski definition) is 1. The number of rotatable bonds is 7. The number of aryl methyl sites for hydroxylation is 1. The molecule has 3 aromatic rings. The van der Waals surface area contributed by atoms with E-state index in [-0.39, 0.29) is 18.5 Å². The Hall–Kier alpha value is -2.64. The molecule has 28 heavy (non-hydrogen) atoms. The first-order valence-corrected chi connectivity index (χ1v) is 10.2. The largest absolute Gasteiger partial charge is 0.419 e. The number of anilines is 1. The van der Waals surface area contributed by atoms with Gasteiger partial charge in [0.1, 0.15) is 0 Å². The third-order valence-corrected chi connectivity index (χ3v) is 5.33. The maximum Gasteiger partial charge on any atom is 0.247 e. The number of para-hydroxylation sites is 1. The highest BCUT2D eigenvalue weighted by atomic mass is 32.2. The molecule has 1 N–H and O–H groups in total. The van der Waals surface area contributed by atoms with Gasteiger partial charge < -0.3 is 9.73 Å². The van der Waals surface area contributed by atoms with Gasteiger partial charge in [-0.3, -0.25) is 9.69 Å². The number of thioether (sulfide) groups is 1. The fourth-order valence-electron chi connectivity index (χ4n) is 2.71. The van der Waals surface area contributed by atoms with Crippen molar-refractivity contribution in [1.82, 2.24) is 15.1 Å². The quantitative estimate of drug-likeness (QED) is 0.597. The number of carbonyl (C=O) groups excluding carboxylic acids is 1. The summed E-state index contributed by atoms with van der Waals surface area (Å²) in [6.45, 7) is 4.18. The average molecular weight is 397 g/mol. The number of amides is 1. The Morgan fingerprint density at radius 2 is 1.89 bits per heavy atom. The lowest BCUT2D eigenvalue weighted by Gasteiger charge is -2.21. The van der Waals surface area contributed by atoms with Gasteiger partial charge >= 0.3 is 0 Å². The predicted molar refractivity (Wildman–Crippen MR) is 112 cm³/mol. The molecule has 6 nitrogen and oxygen atoms in total. The predicted octanol–water partition coefficient (Wildman–Crippen LogP) is 4.40. The number of likely N-dealkylation sites (N-methyl/N-ethyl adjacent to an activating group) is 1. The first-order valence-electron chi connectivity index (χ1n) is 9.01. The third-order valence-electron chi connectivity index (χ3n) is 4.53. The Morgan fingerprint density at radius 1 is 1.18 bits per heavy atom. The molecule has 2 aromatic carbocycles. The summed E-state index contributed by atoms with van der Waals surface area (Å²) < 4.78 is 5.83. The molecule has 1 unspecified atom stereocenters. The van der Waals surface area contributed by atoms with Gasteiger partial charge in [0.25, 0.3) is 0 Å². The SMILES string of the molecule is CSc1ccccc1NC(=O)CN(C)C(C)c1nnc(-c2ccc(C)cc2)o1. The van der Waals surface area contributed by atoms with Crippen LogP contribution in [0.1, 0.15) is 24.4 Å². The van der Waals surface area contributed by atoms with Gasteiger partial charge in [-0.25, -0.2) is 0 Å². The Kier molecular flexibility index (Phi) is 6.49. The summed E-state index contributed by atoms with van der Waals surface area (Å²) in [5.41, 5.74) is 2.87. The van der Waals surface area contributed by atoms with Crippen LogP contribution in [-0.2, 0) is 4.79 Å². The second kappa shape index (κ2) is 9.03. The van der Waals surface area contributed by atoms with Gasteiger partial charge in [-0.15, -0.1) is 22.0 Å². The summed E-state index contributed by atoms with van der Waals surface area (Å²) in [6.07, 6.45) is 1.99. The summed E-state index contributed by atoms with van der Waals surface area (Å²) in [5.74, 6) is 0.873. The molecule has 1 atom stereocenters. The summed E-state index contributed by atoms with van der Waals surface area (Å²) >= 11 is 1.60. The molecule has 146 valence electrons. The van der Waals surface area contributed by atoms with E-state index in [4.69, 9.17) is 4.42 Å². The van der Waals surface area contributed by atoms with Gasteiger partial charge in [0.2, 0.25) is 17.7 Å². The number of carbonyl (C=O) groups is 1. The molecule has 0 saturated carbocycles. The molecule has 0 aliphatic heterocycles. The lowest BCUT2D eigenvalue weighted by molar-refractivity contribution is -0.117. The minimum atomic E-state index is -0.187. The third kappa shape index (κ3) is 4.79. The van der Waals surface area contributed by atoms with Gasteiger partial charge in [0.15, 0.2) is 0 Å². The zero-order valence-corrected chi connectivity index (χ0v) is 17.3. The molecule has 1 amide bonds. The van der Waals surface area contributed by atoms with E-state index < -0.39 is 0 Å². The minimum absolute atomic E-state index is 0.0888. The second-order valence-electron chi connectivity index (χ2n) is 6.65. The van der Waals surface area contributed by atoms with Crippen molar-refractivity contribution in [3.63, 3.8) is 0 Å². The molecule has 1 heterocycles. The van der Waals surface area contributed by atoms with E-state index in [0.29, 0.717) is 11.8 Å². The average Bonchev–Trinajstić information content (AvgIpc) is 3.18. The first kappa shape index (κ1) is 20.1. The van der Waals surface area contributed by atoms with Gasteiger partial charge in [0, 0.05) is 10.5 Å². The fraction of sp³-hybridized carbons (Fsp3) is 0.286. The standard InChI is InChI=1S/C21H24N4O2S/c1-14-9-11-16(12-10-14)21-24-23-20(27-21)15(2)25(3)13-19(26)22-17-7-5-6-8-18(17)28-4/h5-12,15H,13H2,1-4H3,(H,22,26). The molecule has 1 aromatic heterocycles. The van der Waals surface area contributed by atoms with E-state index in [1.165, 1.54) is 5.56 Å². The van der Waals surface area contributed by atoms with Crippen LogP contribution in [0.3, 0.4) is 0 Å². The zero-order valence-electron chi connectivity index (χ0n) is 16.5. The van der Waals surface area contributed by atoms with Crippen LogP contribution in [0.2, 0.25) is 0 Å². The van der Waals surface area contributed by atoms with E-state index in [1.807, 2.05) is 80.6 Å². The van der Waals surface area contributed by atoms with Crippen molar-refractivity contribution < 1.29 is 9.21 Å². The highest BCUT2D eigenvalue weighted by Gasteiger charge is 2.21. The number of nitrogens with zero attached hydrogens (tertiary/aromatic N) is 3. The van der Waals surface area contributed by atoms with E-state index >= 15 is 0 Å². The number of hydrogen-bond acceptors (Lipinski definition) is 6. The Morgan fingerprint density at radius 3 is 2.61 bits per heavy atom. The molecular formula is C21H24N4O2S. The summed E-state index contributed by atoms with van der Waals surface area (Å²) in [7, 11) is 1.86. The highest BCUT2D eigenvalue weighted by Crippen LogP contribution is 2.25. The van der Waals surface area contributed by atoms with Crippen molar-refractivity contribution in [3.8, 4) is 11.5 Å². The van der Waals surface area contributed by atoms with Gasteiger partial charge in [0.05, 0.1) is 18.3 Å². The molecule has 0 fully saturated rings. The second-order valence-corrected chi connectivity index (χ2v) is 7.50. The maximum absolute atomic E-state index is 12.5. The van der Waals surface area contributed by atoms with Crippen LogP contribution in [0.4, 0.5) is 5.69 Å². The van der Waals surface area contributed by atoms with E-state index in [2.05, 4.69) is 15.5 Å². The molecule has 0 aliphatic carbocycles. The zero-order chi connectivity index (χ0) is 20.1. The van der Waals surface area contributed by atoms with Crippen LogP contribution in [0.25, 0.3) is 11.5 Å². The van der Waals surface area contributed by atoms with Gasteiger partial charge in [-0.05, 0) is 51.4 Å². The molecule has 0 radical (unpaired) electrons. The van der Waals surface area contributed by atoms with Crippen molar-refractivity contribution in [2.45, 2.75) is 24.8 Å². The molecule has 0 saturated heterocycles. The molecule has 0 bridgehead atoms. The number of aromatic nitrogens is 2. The summed E-state index contributed by atoms with van der Waals surface area (Å²) in [6, 6.07) is 15.5. The van der Waals surface area contributed by atoms with Crippen LogP contribution in [0, 0.1) is 6.92 Å². The van der Waals surface area contributed by atoms with Crippen LogP contribution in [0.5, 0.6) is 0 Å². The lowest BCUT2D eigenvalue weighted by Crippen LogP contribution is -2.32. The van der Waals surface area contributed by atoms with Crippen molar-refractivity contribution in [2.24, 2.45) is 0 Å². The fourth-order valence-corrected chi connectivity index (χ4v) is 3.26. The van der Waals surface area contributed by atoms with Crippen molar-refractivity contribution >= 4 is 23.4 Å². The Balaban J connectivity index is 1.63. The Bertz CT molecular complexity index is 940. The number of nitrogens with one attached hydrogen (secondary N) is 1. The molecule has 0 spiro atoms. The van der Waals surface area contributed by atoms with E-state index in [9.17, 15) is 4.79 Å². The lowest BCUT2D eigenvalue weighted by atomic mass is 10.1. The van der Waals surface area contributed by atoms with Crippen LogP contribution >= 0.6 is 11.8 Å². The molecule has 7 heteroatoms. The van der Waals surface area contributed by atoms with Crippen molar-refractivity contribution in [2.75, 3.05) is 25.2 Å². The number of benzene rings is 2. The summed E-state index contributed by atoms with van der Waals surface area (Å²) in [4.78, 5) is 15.4. The molecular weight excluding hydrogens is 372 g/mol. The normalized spacial score (nSPS) is 12.2. The highest BCUT2D eigenvalue weighted by molar-refractivity contribution is 7.98. The Labute approximate surface area is 169 Å². The van der Waals surface area contributed by atoms with Crippen LogP contribution in [-0.4, -0.2) is 40.9 Å². The minimum Gasteiger partial charge on any atom is -0.419 e. The van der Waals surface area contributed by atoms with Gasteiger partial charge in [-0.2, -0.15) is 0 Å². The molecule has 0 aliphatic rings. The van der Waals surface area contributed by atoms with E-state index in [0.717, 1.165) is 16.1 Å². The van der Waals surface area contributed by atoms with Crippen molar-refractivity contribution in [3.05, 3.63) is 60.0 Å². The molecule has 3 rings (SSSR count). The van der Waals surface area contributed by atoms with Crippen LogP contribution < -0.4 is 5.32 Å². The van der Waals surface area contributed by atoms with Gasteiger partial charge in [-0.1, -0.05) is 29.8 Å². The topological polar surface area (TPSA) is 71.3 Å². The van der Waals surface area contributed by atoms with E-state index in [1.54, 1.807) is 11.8 Å². The maximum atomic E-state index is 12.5. The summed E-state index contributed by atoms with van der Waals surface area (Å²) in [5, 5.41) is 11.3. The van der Waals surface area contributed by atoms with Crippen LogP contribution in [0.15, 0.2) is 57.8 Å².